The number of nitrogens with one attached hydrogen (secondary N) is 1. The van der Waals surface area contributed by atoms with Crippen molar-refractivity contribution in [2.45, 2.75) is 23.5 Å². The third kappa shape index (κ3) is 3.70. The number of sulfonamides is 1. The molecule has 2 aromatic rings. The van der Waals surface area contributed by atoms with Gasteiger partial charge >= 0.3 is 5.97 Å². The molecule has 0 spiro atoms. The van der Waals surface area contributed by atoms with Gasteiger partial charge in [-0.1, -0.05) is 19.9 Å². The number of hydrogen-bond donors (Lipinski definition) is 2. The second-order valence-electron chi connectivity index (χ2n) is 5.11. The molecule has 0 aliphatic rings. The second-order valence-corrected chi connectivity index (χ2v) is 9.13. The number of aromatic carboxylic acids is 1. The van der Waals surface area contributed by atoms with Crippen molar-refractivity contribution in [1.29, 1.82) is 0 Å². The summed E-state index contributed by atoms with van der Waals surface area (Å²) in [6.45, 7) is 4.16. The summed E-state index contributed by atoms with van der Waals surface area (Å²) in [5.41, 5.74) is -0.325. The van der Waals surface area contributed by atoms with Crippen LogP contribution < -0.4 is 4.72 Å². The summed E-state index contributed by atoms with van der Waals surface area (Å²) < 4.78 is 27.0. The summed E-state index contributed by atoms with van der Waals surface area (Å²) in [4.78, 5) is 11.9. The molecule has 0 aliphatic heterocycles. The molecule has 0 atom stereocenters. The van der Waals surface area contributed by atoms with E-state index in [1.54, 1.807) is 11.3 Å². The molecule has 0 amide bonds. The van der Waals surface area contributed by atoms with E-state index in [1.165, 1.54) is 12.1 Å². The molecule has 5 nitrogen and oxygen atoms in total. The molecule has 0 unspecified atom stereocenters. The summed E-state index contributed by atoms with van der Waals surface area (Å²) in [6, 6.07) is 6.50. The van der Waals surface area contributed by atoms with E-state index >= 15 is 0 Å². The van der Waals surface area contributed by atoms with Crippen LogP contribution in [-0.4, -0.2) is 26.0 Å². The van der Waals surface area contributed by atoms with Crippen molar-refractivity contribution in [2.24, 2.45) is 0 Å². The van der Waals surface area contributed by atoms with Gasteiger partial charge in [-0.25, -0.2) is 17.9 Å². The highest BCUT2D eigenvalue weighted by Gasteiger charge is 2.26. The lowest BCUT2D eigenvalue weighted by molar-refractivity contribution is 0.0702. The van der Waals surface area contributed by atoms with Crippen LogP contribution in [0.3, 0.4) is 0 Å². The number of hydrogen-bond acceptors (Lipinski definition) is 5. The third-order valence-electron chi connectivity index (χ3n) is 2.95. The predicted molar refractivity (Wildman–Crippen MR) is 83.8 cm³/mol. The van der Waals surface area contributed by atoms with Crippen molar-refractivity contribution in [2.75, 3.05) is 6.54 Å². The predicted octanol–water partition coefficient (Wildman–Crippen LogP) is 2.76. The van der Waals surface area contributed by atoms with E-state index in [2.05, 4.69) is 4.72 Å². The average Bonchev–Trinajstić information content (AvgIpc) is 3.07. The van der Waals surface area contributed by atoms with Gasteiger partial charge in [0, 0.05) is 16.8 Å². The Morgan fingerprint density at radius 3 is 2.57 bits per heavy atom. The Hall–Kier alpha value is -1.22. The summed E-state index contributed by atoms with van der Waals surface area (Å²) in [6.07, 6.45) is 0. The molecule has 0 saturated carbocycles. The fourth-order valence-corrected chi connectivity index (χ4v) is 4.93. The van der Waals surface area contributed by atoms with E-state index in [0.717, 1.165) is 16.2 Å². The van der Waals surface area contributed by atoms with Crippen molar-refractivity contribution in [3.63, 3.8) is 0 Å². The van der Waals surface area contributed by atoms with Crippen LogP contribution in [0.4, 0.5) is 0 Å². The summed E-state index contributed by atoms with van der Waals surface area (Å²) in [7, 11) is -3.69. The maximum absolute atomic E-state index is 12.2. The Bertz CT molecular complexity index is 729. The molecule has 0 saturated heterocycles. The Balaban J connectivity index is 2.12. The van der Waals surface area contributed by atoms with Crippen molar-refractivity contribution < 1.29 is 18.3 Å². The molecule has 2 rings (SSSR count). The van der Waals surface area contributed by atoms with Gasteiger partial charge in [-0.2, -0.15) is 0 Å². The number of carboxylic acids is 1. The lowest BCUT2D eigenvalue weighted by atomic mass is 9.92. The zero-order valence-electron chi connectivity index (χ0n) is 11.5. The maximum atomic E-state index is 12.2. The number of rotatable bonds is 6. The molecular weight excluding hydrogens is 330 g/mol. The minimum absolute atomic E-state index is 0.00731. The summed E-state index contributed by atoms with van der Waals surface area (Å²) >= 11 is 2.32. The van der Waals surface area contributed by atoms with Gasteiger partial charge in [0.1, 0.15) is 9.09 Å². The fraction of sp³-hybridized carbons (Fsp3) is 0.308. The molecule has 2 aromatic heterocycles. The smallest absolute Gasteiger partial charge is 0.345 e. The number of carboxylic acid groups (broad SMARTS) is 1. The van der Waals surface area contributed by atoms with Crippen LogP contribution in [0.2, 0.25) is 0 Å². The molecule has 0 aromatic carbocycles. The maximum Gasteiger partial charge on any atom is 0.345 e. The van der Waals surface area contributed by atoms with Gasteiger partial charge < -0.3 is 5.11 Å². The van der Waals surface area contributed by atoms with Crippen LogP contribution in [0.1, 0.15) is 28.4 Å². The van der Waals surface area contributed by atoms with E-state index in [1.807, 2.05) is 31.4 Å². The minimum atomic E-state index is -3.69. The molecule has 114 valence electrons. The monoisotopic (exact) mass is 345 g/mol. The Kier molecular flexibility index (Phi) is 4.52. The normalized spacial score (nSPS) is 12.5. The first kappa shape index (κ1) is 16.2. The third-order valence-corrected chi connectivity index (χ3v) is 7.15. The van der Waals surface area contributed by atoms with E-state index < -0.39 is 16.0 Å². The van der Waals surface area contributed by atoms with Gasteiger partial charge in [-0.15, -0.1) is 22.7 Å². The molecular formula is C13H15NO4S3. The quantitative estimate of drug-likeness (QED) is 0.843. The molecule has 2 N–H and O–H groups in total. The molecule has 0 bridgehead atoms. The SMILES string of the molecule is CC(C)(CNS(=O)(=O)c1ccc(C(=O)O)s1)c1cccs1. The molecule has 0 fully saturated rings. The average molecular weight is 345 g/mol. The molecule has 2 heterocycles. The Labute approximate surface area is 131 Å². The molecule has 8 heteroatoms. The largest absolute Gasteiger partial charge is 0.477 e. The van der Waals surface area contributed by atoms with Crippen LogP contribution in [0.15, 0.2) is 33.9 Å². The lowest BCUT2D eigenvalue weighted by Crippen LogP contribution is -2.35. The van der Waals surface area contributed by atoms with Crippen molar-refractivity contribution in [1.82, 2.24) is 4.72 Å². The van der Waals surface area contributed by atoms with Crippen molar-refractivity contribution in [3.05, 3.63) is 39.4 Å². The van der Waals surface area contributed by atoms with E-state index in [-0.39, 0.29) is 21.0 Å². The number of carbonyl (C=O) groups is 1. The first-order valence-electron chi connectivity index (χ1n) is 6.09. The highest BCUT2D eigenvalue weighted by atomic mass is 32.2. The van der Waals surface area contributed by atoms with Crippen LogP contribution in [-0.2, 0) is 15.4 Å². The highest BCUT2D eigenvalue weighted by Crippen LogP contribution is 2.28. The lowest BCUT2D eigenvalue weighted by Gasteiger charge is -2.23. The van der Waals surface area contributed by atoms with Gasteiger partial charge in [0.15, 0.2) is 0 Å². The zero-order chi connectivity index (χ0) is 15.7. The first-order chi connectivity index (χ1) is 9.72. The summed E-state index contributed by atoms with van der Waals surface area (Å²) in [5, 5.41) is 10.8. The van der Waals surface area contributed by atoms with Crippen molar-refractivity contribution in [3.8, 4) is 0 Å². The van der Waals surface area contributed by atoms with Gasteiger partial charge in [0.2, 0.25) is 10.0 Å². The van der Waals surface area contributed by atoms with Crippen LogP contribution in [0, 0.1) is 0 Å². The van der Waals surface area contributed by atoms with Crippen LogP contribution in [0.25, 0.3) is 0 Å². The van der Waals surface area contributed by atoms with Gasteiger partial charge in [-0.05, 0) is 23.6 Å². The van der Waals surface area contributed by atoms with Gasteiger partial charge in [-0.3, -0.25) is 0 Å². The molecule has 21 heavy (non-hydrogen) atoms. The van der Waals surface area contributed by atoms with Crippen LogP contribution in [0.5, 0.6) is 0 Å². The zero-order valence-corrected chi connectivity index (χ0v) is 13.9. The Morgan fingerprint density at radius 2 is 2.05 bits per heavy atom. The summed E-state index contributed by atoms with van der Waals surface area (Å²) in [5.74, 6) is -1.12. The Morgan fingerprint density at radius 1 is 1.33 bits per heavy atom. The number of thiophene rings is 2. The van der Waals surface area contributed by atoms with E-state index in [4.69, 9.17) is 5.11 Å². The minimum Gasteiger partial charge on any atom is -0.477 e. The topological polar surface area (TPSA) is 83.5 Å². The van der Waals surface area contributed by atoms with Crippen LogP contribution >= 0.6 is 22.7 Å². The molecule has 0 radical (unpaired) electrons. The standard InChI is InChI=1S/C13H15NO4S3/c1-13(2,10-4-3-7-19-10)8-14-21(17,18)11-6-5-9(20-11)12(15)16/h3-7,14H,8H2,1-2H3,(H,15,16). The van der Waals surface area contributed by atoms with E-state index in [9.17, 15) is 13.2 Å². The van der Waals surface area contributed by atoms with Gasteiger partial charge in [0.05, 0.1) is 0 Å². The van der Waals surface area contributed by atoms with Crippen molar-refractivity contribution >= 4 is 38.7 Å². The second kappa shape index (κ2) is 5.88. The first-order valence-corrected chi connectivity index (χ1v) is 9.27. The molecule has 0 aliphatic carbocycles. The fourth-order valence-electron chi connectivity index (χ4n) is 1.68. The van der Waals surface area contributed by atoms with E-state index in [0.29, 0.717) is 0 Å². The van der Waals surface area contributed by atoms with Gasteiger partial charge in [0.25, 0.3) is 0 Å². The highest BCUT2D eigenvalue weighted by molar-refractivity contribution is 7.91.